The molecule has 9 heterocycles. The minimum Gasteiger partial charge on any atom is -0.508 e. The van der Waals surface area contributed by atoms with Gasteiger partial charge in [-0.05, 0) is 157 Å². The van der Waals surface area contributed by atoms with Crippen molar-refractivity contribution in [3.8, 4) is 80.1 Å². The zero-order valence-electron chi connectivity index (χ0n) is 74.9. The fourth-order valence-electron chi connectivity index (χ4n) is 17.2. The number of hydrogen-bond acceptors (Lipinski definition) is 34. The van der Waals surface area contributed by atoms with E-state index >= 15 is 28.8 Å². The number of aliphatic hydroxyl groups is 10. The average Bonchev–Trinajstić information content (AvgIpc) is 0.752. The molecule has 25 N–H and O–H groups in total. The van der Waals surface area contributed by atoms with Crippen LogP contribution in [0.3, 0.4) is 0 Å². The van der Waals surface area contributed by atoms with E-state index in [4.69, 9.17) is 71.6 Å². The molecule has 7 aromatic carbocycles. The van der Waals surface area contributed by atoms with E-state index in [-0.39, 0.29) is 63.9 Å². The summed E-state index contributed by atoms with van der Waals surface area (Å²) in [5, 5.41) is 184. The number of carbonyl (C=O) groups is 9. The van der Waals surface area contributed by atoms with Crippen LogP contribution in [0.15, 0.2) is 115 Å². The van der Waals surface area contributed by atoms with Gasteiger partial charge in [0.15, 0.2) is 29.3 Å². The summed E-state index contributed by atoms with van der Waals surface area (Å²) < 4.78 is 58.2. The van der Waals surface area contributed by atoms with E-state index in [1.165, 1.54) is 30.3 Å². The van der Waals surface area contributed by atoms with Gasteiger partial charge in [0, 0.05) is 49.6 Å². The molecule has 742 valence electrons. The Morgan fingerprint density at radius 1 is 0.514 bits per heavy atom. The van der Waals surface area contributed by atoms with Crippen molar-refractivity contribution < 1.29 is 157 Å². The highest BCUT2D eigenvalue weighted by Crippen LogP contribution is 2.51. The second-order valence-corrected chi connectivity index (χ2v) is 36.1. The van der Waals surface area contributed by atoms with Gasteiger partial charge in [-0.15, -0.1) is 0 Å². The molecule has 0 spiro atoms. The van der Waals surface area contributed by atoms with Crippen molar-refractivity contribution in [2.24, 2.45) is 11.7 Å². The summed E-state index contributed by atoms with van der Waals surface area (Å²) in [6, 6.07) is 1.95. The van der Waals surface area contributed by atoms with E-state index in [2.05, 4.69) is 61.7 Å². The van der Waals surface area contributed by atoms with Gasteiger partial charge in [0.05, 0.1) is 29.9 Å². The van der Waals surface area contributed by atoms with E-state index in [1.54, 1.807) is 19.0 Å². The Balaban J connectivity index is 1.05. The van der Waals surface area contributed by atoms with Gasteiger partial charge in [0.2, 0.25) is 71.5 Å². The summed E-state index contributed by atoms with van der Waals surface area (Å²) in [6.07, 6.45) is -25.4. The normalized spacial score (nSPS) is 28.2. The molecule has 7 aromatic rings. The molecular weight excluding hydrogens is 1850 g/mol. The lowest BCUT2D eigenvalue weighted by molar-refractivity contribution is -0.284. The maximum atomic E-state index is 17.2. The zero-order valence-corrected chi connectivity index (χ0v) is 76.4. The largest absolute Gasteiger partial charge is 0.508 e. The lowest BCUT2D eigenvalue weighted by Crippen LogP contribution is -2.65. The van der Waals surface area contributed by atoms with Crippen molar-refractivity contribution in [2.75, 3.05) is 47.0 Å². The number of aliphatic hydroxyl groups excluding tert-OH is 10. The fourth-order valence-corrected chi connectivity index (χ4v) is 17.7. The van der Waals surface area contributed by atoms with E-state index in [0.717, 1.165) is 111 Å². The molecule has 43 nitrogen and oxygen atoms in total. The second-order valence-electron chi connectivity index (χ2n) is 35.3. The number of nitrogens with one attached hydrogen (secondary N) is 9. The number of phenolic OH excluding ortho intramolecular Hbond substituents is 4. The molecule has 16 rings (SSSR count). The van der Waals surface area contributed by atoms with Crippen molar-refractivity contribution in [3.63, 3.8) is 0 Å². The number of ether oxygens (including phenoxy) is 9. The number of benzene rings is 7. The van der Waals surface area contributed by atoms with Crippen LogP contribution in [0.25, 0.3) is 11.1 Å². The number of phenols is 4. The fraction of sp³-hybridized carbons (Fsp3) is 0.452. The van der Waals surface area contributed by atoms with Crippen molar-refractivity contribution in [3.05, 3.63) is 164 Å². The summed E-state index contributed by atoms with van der Waals surface area (Å²) in [5.41, 5.74) is 3.43. The number of aromatic hydroxyl groups is 4. The van der Waals surface area contributed by atoms with Gasteiger partial charge in [-0.3, -0.25) is 43.2 Å². The predicted octanol–water partition coefficient (Wildman–Crippen LogP) is 1.00. The molecule has 2 unspecified atom stereocenters. The minimum absolute atomic E-state index is 0.0334. The molecule has 9 aliphatic rings. The van der Waals surface area contributed by atoms with E-state index in [0.29, 0.717) is 25.3 Å². The Morgan fingerprint density at radius 2 is 1.08 bits per heavy atom. The highest BCUT2D eigenvalue weighted by molar-refractivity contribution is 6.32. The number of unbranched alkanes of at least 4 members (excludes halogenated alkanes) is 3. The minimum atomic E-state index is -2.52. The molecule has 3 fully saturated rings. The van der Waals surface area contributed by atoms with Gasteiger partial charge < -0.3 is 173 Å². The molecule has 0 radical (unpaired) electrons. The number of rotatable bonds is 23. The smallest absolute Gasteiger partial charge is 0.248 e. The topological polar surface area (TPSA) is 657 Å². The quantitative estimate of drug-likeness (QED) is 0.0397. The molecule has 45 heteroatoms. The number of nitrogens with two attached hydrogens (primary N) is 1. The van der Waals surface area contributed by atoms with Gasteiger partial charge in [0.25, 0.3) is 0 Å². The van der Waals surface area contributed by atoms with Crippen molar-refractivity contribution in [1.29, 1.82) is 0 Å². The Kier molecular flexibility index (Phi) is 32.4. The van der Waals surface area contributed by atoms with Gasteiger partial charge in [-0.25, -0.2) is 0 Å². The summed E-state index contributed by atoms with van der Waals surface area (Å²) in [5.74, 6) is -17.6. The lowest BCUT2D eigenvalue weighted by Gasteiger charge is -2.44. The second kappa shape index (κ2) is 43.9. The maximum absolute atomic E-state index is 17.2. The van der Waals surface area contributed by atoms with Gasteiger partial charge in [0.1, 0.15) is 162 Å². The van der Waals surface area contributed by atoms with Crippen LogP contribution in [0, 0.1) is 5.92 Å². The SMILES string of the molecule is CC(=O)N[C@H]1[C@H](O[C@@H]2c3ccc(c(Cl)c3)Oc3cc4cc(c3O[C@@H]3O[C@H](CO)[C@@H](O)[C@H](O)[C@H]3NC(=O)CCCCCCC(C)C)Oc3ccc(cc3Cl)C[C@H]3NC(=O)[C@@H](N)c5ccc(O)c(c5)Oc5cc(O)cc(c5)C(NC3=O)C(=O)N[C@H]4C(=O)N[C@H]3C(=O)N[C@@H]2C(=O)NC(C(=O)NCCCN(C)C)c2cc(O)cc(O[C@H]4O[C@H](CO)[C@@H](O)[C@H](O)[C@@H]4O)c2-c2cc3ccc2O)O[C@H](CO)[C@@H](O)[C@@H]1O. The molecule has 0 aliphatic carbocycles. The van der Waals surface area contributed by atoms with E-state index in [1.807, 2.05) is 0 Å². The first-order chi connectivity index (χ1) is 65.8. The monoisotopic (exact) mass is 1960 g/mol. The van der Waals surface area contributed by atoms with Crippen molar-refractivity contribution in [2.45, 2.75) is 213 Å². The van der Waals surface area contributed by atoms with Crippen LogP contribution in [0.5, 0.6) is 69.0 Å². The molecule has 138 heavy (non-hydrogen) atoms. The lowest BCUT2D eigenvalue weighted by atomic mass is 9.89. The highest BCUT2D eigenvalue weighted by Gasteiger charge is 2.52. The van der Waals surface area contributed by atoms with Gasteiger partial charge in [-0.2, -0.15) is 0 Å². The number of halogens is 2. The first-order valence-electron chi connectivity index (χ1n) is 44.5. The Bertz CT molecular complexity index is 5710. The van der Waals surface area contributed by atoms with Crippen molar-refractivity contribution >= 4 is 76.4 Å². The van der Waals surface area contributed by atoms with Gasteiger partial charge in [-0.1, -0.05) is 87.0 Å². The number of amides is 9. The first-order valence-corrected chi connectivity index (χ1v) is 45.3. The third kappa shape index (κ3) is 22.9. The number of fused-ring (bicyclic) bond motifs is 14. The summed E-state index contributed by atoms with van der Waals surface area (Å²) in [6.45, 7) is 2.23. The highest BCUT2D eigenvalue weighted by atomic mass is 35.5. The molecular formula is C93H109Cl2N11O32. The van der Waals surface area contributed by atoms with Crippen molar-refractivity contribution in [1.82, 2.24) is 52.8 Å². The number of carbonyl (C=O) groups excluding carboxylic acids is 9. The predicted molar refractivity (Wildman–Crippen MR) is 482 cm³/mol. The molecule has 0 aromatic heterocycles. The van der Waals surface area contributed by atoms with Crippen LogP contribution in [-0.4, -0.2) is 281 Å². The standard InChI is InChI=1S/C93H109Cl2N11O32/c1-38(2)11-8-6-7-9-12-65(115)100-73-79(120)76(117)63(36-108)135-92(73)138-83-60-30-45-31-61(83)132-57-20-16-43(28-52(57)95)82(137-91-72(98-39(3)110)78(119)75(116)62(35-107)134-91)74-90(129)104-71(86(125)97-21-10-22-106(4)5)50-33-47(112)34-59(133-93-81(122)80(121)77(118)64(37-109)136-93)66(50)49-27-42(15-17-54(49)113)68(87(126)105-74)102-89(128)70(45)103-88(127)69-44-25-46(111)32-48(26-44)130-58-29-41(14-18-55(58)114)67(96)85(124)99-53(84(123)101-69)24-40-13-19-56(131-60)51(94)23-40/h13-20,23,25-34,38,53,62-64,67-82,91-93,107-109,111-114,116-122H,6-12,21-22,24,35-37,96H2,1-5H3,(H,97,125)(H,98,110)(H,99,124)(H,100,115)(H,101,123)(H,102,128)(H,103,127)(H,104,129)(H,105,126)/t53-,62-,63-,64-,67+,68-,69?,70-,71?,72-,73-,74+,75-,76-,77-,78-,79-,80+,81+,82-,91+,92+,93+/m1/s1. The third-order valence-electron chi connectivity index (χ3n) is 24.5. The molecule has 23 atom stereocenters. The third-order valence-corrected chi connectivity index (χ3v) is 25.1. The Morgan fingerprint density at radius 3 is 1.72 bits per heavy atom. The van der Waals surface area contributed by atoms with Crippen LogP contribution >= 0.6 is 23.2 Å². The maximum Gasteiger partial charge on any atom is 0.248 e. The van der Waals surface area contributed by atoms with Crippen LogP contribution < -0.4 is 77.3 Å². The summed E-state index contributed by atoms with van der Waals surface area (Å²) in [4.78, 5) is 143. The summed E-state index contributed by atoms with van der Waals surface area (Å²) in [7, 11) is 3.48. The number of hydrogen-bond donors (Lipinski definition) is 24. The van der Waals surface area contributed by atoms with Crippen LogP contribution in [0.4, 0.5) is 0 Å². The van der Waals surface area contributed by atoms with Gasteiger partial charge >= 0.3 is 0 Å². The molecule has 9 amide bonds. The molecule has 17 bridgehead atoms. The Labute approximate surface area is 798 Å². The first kappa shape index (κ1) is 102. The molecule has 3 saturated heterocycles. The van der Waals surface area contributed by atoms with Crippen LogP contribution in [-0.2, 0) is 68.5 Å². The molecule has 9 aliphatic heterocycles. The van der Waals surface area contributed by atoms with Crippen LogP contribution in [0.1, 0.15) is 141 Å². The average molecular weight is 1960 g/mol. The summed E-state index contributed by atoms with van der Waals surface area (Å²) >= 11 is 14.9. The molecule has 0 saturated carbocycles. The zero-order chi connectivity index (χ0) is 99.3. The van der Waals surface area contributed by atoms with E-state index in [9.17, 15) is 85.9 Å². The van der Waals surface area contributed by atoms with E-state index < -0.39 is 304 Å². The number of nitrogens with zero attached hydrogens (tertiary/aromatic N) is 1. The Hall–Kier alpha value is -12.1. The van der Waals surface area contributed by atoms with Crippen LogP contribution in [0.2, 0.25) is 10.0 Å².